The SMILES string of the molecule is NCC1CCC(C(=O)C[C@@H](Cc2ccc(-c3ccc(C(=O)C[C@@H]4CCNC4)cc3Cl)cc2)C(=O)Nc2ccc(C3=NCN=N3)cc2)CC1. The van der Waals surface area contributed by atoms with Gasteiger partial charge in [0.05, 0.1) is 0 Å². The minimum Gasteiger partial charge on any atom is -0.330 e. The average Bonchev–Trinajstić information content (AvgIpc) is 3.84. The molecule has 1 amide bonds. The number of amides is 1. The molecule has 1 aliphatic carbocycles. The number of nitrogens with two attached hydrogens (primary N) is 1. The molecule has 0 aromatic heterocycles. The highest BCUT2D eigenvalue weighted by Gasteiger charge is 2.30. The third kappa shape index (κ3) is 8.50. The molecule has 0 spiro atoms. The van der Waals surface area contributed by atoms with Gasteiger partial charge in [-0.15, -0.1) is 5.11 Å². The quantitative estimate of drug-likeness (QED) is 0.171. The molecule has 3 aromatic rings. The van der Waals surface area contributed by atoms with Gasteiger partial charge in [-0.2, -0.15) is 5.11 Å². The Balaban J connectivity index is 1.14. The molecule has 2 fully saturated rings. The molecule has 6 rings (SSSR count). The van der Waals surface area contributed by atoms with Crippen LogP contribution in [0.2, 0.25) is 5.02 Å². The maximum absolute atomic E-state index is 13.7. The number of Topliss-reactive ketones (excluding diaryl/α,β-unsaturated/α-hetero) is 2. The fourth-order valence-electron chi connectivity index (χ4n) is 7.01. The number of halogens is 1. The molecule has 1 saturated heterocycles. The first-order valence-electron chi connectivity index (χ1n) is 17.0. The van der Waals surface area contributed by atoms with Crippen LogP contribution in [0.4, 0.5) is 5.69 Å². The molecule has 4 N–H and O–H groups in total. The van der Waals surface area contributed by atoms with Gasteiger partial charge in [-0.05, 0) is 111 Å². The Morgan fingerprint density at radius 1 is 0.917 bits per heavy atom. The fourth-order valence-corrected chi connectivity index (χ4v) is 7.30. The van der Waals surface area contributed by atoms with Crippen molar-refractivity contribution in [1.82, 2.24) is 5.32 Å². The molecule has 10 heteroatoms. The van der Waals surface area contributed by atoms with Crippen LogP contribution >= 0.6 is 11.6 Å². The summed E-state index contributed by atoms with van der Waals surface area (Å²) in [5.74, 6) is 0.937. The first-order valence-corrected chi connectivity index (χ1v) is 17.4. The molecule has 3 aliphatic rings. The van der Waals surface area contributed by atoms with Crippen molar-refractivity contribution in [2.75, 3.05) is 31.6 Å². The van der Waals surface area contributed by atoms with E-state index in [9.17, 15) is 14.4 Å². The van der Waals surface area contributed by atoms with Crippen LogP contribution in [-0.2, 0) is 16.0 Å². The molecule has 0 radical (unpaired) electrons. The second kappa shape index (κ2) is 15.9. The lowest BCUT2D eigenvalue weighted by Gasteiger charge is -2.27. The largest absolute Gasteiger partial charge is 0.330 e. The minimum atomic E-state index is -0.535. The maximum atomic E-state index is 13.7. The number of nitrogens with one attached hydrogen (secondary N) is 2. The third-order valence-corrected chi connectivity index (χ3v) is 10.3. The summed E-state index contributed by atoms with van der Waals surface area (Å²) in [6.45, 7) is 2.83. The lowest BCUT2D eigenvalue weighted by Crippen LogP contribution is -2.31. The van der Waals surface area contributed by atoms with E-state index in [1.165, 1.54) is 0 Å². The Morgan fingerprint density at radius 3 is 2.31 bits per heavy atom. The predicted molar refractivity (Wildman–Crippen MR) is 189 cm³/mol. The summed E-state index contributed by atoms with van der Waals surface area (Å²) < 4.78 is 0. The molecule has 2 aliphatic heterocycles. The van der Waals surface area contributed by atoms with Crippen molar-refractivity contribution >= 4 is 40.6 Å². The van der Waals surface area contributed by atoms with E-state index < -0.39 is 5.92 Å². The van der Waals surface area contributed by atoms with Crippen LogP contribution in [0.5, 0.6) is 0 Å². The van der Waals surface area contributed by atoms with Gasteiger partial charge in [0.1, 0.15) is 5.78 Å². The zero-order valence-electron chi connectivity index (χ0n) is 27.2. The standard InChI is InChI=1S/C38H43ClN6O3/c39-34-19-30(35(46)18-26-15-16-41-22-26)11-14-33(34)27-5-1-24(2-6-27)17-31(20-36(47)28-7-3-25(21-40)4-8-28)38(48)44-32-12-9-29(10-13-32)37-42-23-43-45-37/h1-2,5-6,9-14,19,25-26,28,31,41H,3-4,7-8,15-18,20-23,40H2,(H,44,48)/t25?,26-,28?,31+/m0/s1. The highest BCUT2D eigenvalue weighted by Crippen LogP contribution is 2.33. The molecule has 0 bridgehead atoms. The van der Waals surface area contributed by atoms with E-state index in [4.69, 9.17) is 17.3 Å². The zero-order valence-corrected chi connectivity index (χ0v) is 27.9. The van der Waals surface area contributed by atoms with Crippen molar-refractivity contribution in [2.45, 2.75) is 51.4 Å². The number of ketones is 2. The Morgan fingerprint density at radius 2 is 1.67 bits per heavy atom. The van der Waals surface area contributed by atoms with Crippen molar-refractivity contribution in [1.29, 1.82) is 0 Å². The van der Waals surface area contributed by atoms with Gasteiger partial charge >= 0.3 is 0 Å². The Bertz CT molecular complexity index is 1670. The number of aliphatic imine (C=N–C) groups is 1. The predicted octanol–water partition coefficient (Wildman–Crippen LogP) is 6.88. The minimum absolute atomic E-state index is 0.0297. The summed E-state index contributed by atoms with van der Waals surface area (Å²) in [5.41, 5.74) is 10.7. The summed E-state index contributed by atoms with van der Waals surface area (Å²) in [4.78, 5) is 44.3. The van der Waals surface area contributed by atoms with E-state index in [-0.39, 0.29) is 29.8 Å². The lowest BCUT2D eigenvalue weighted by molar-refractivity contribution is -0.129. The molecule has 9 nitrogen and oxygen atoms in total. The molecule has 2 heterocycles. The molecule has 48 heavy (non-hydrogen) atoms. The summed E-state index contributed by atoms with van der Waals surface area (Å²) in [6, 6.07) is 20.8. The smallest absolute Gasteiger partial charge is 0.228 e. The van der Waals surface area contributed by atoms with Crippen LogP contribution in [0.3, 0.4) is 0 Å². The highest BCUT2D eigenvalue weighted by molar-refractivity contribution is 6.33. The first-order chi connectivity index (χ1) is 23.4. The normalized spacial score (nSPS) is 21.1. The number of benzene rings is 3. The van der Waals surface area contributed by atoms with Crippen molar-refractivity contribution in [2.24, 2.45) is 44.6 Å². The van der Waals surface area contributed by atoms with Gasteiger partial charge in [0.2, 0.25) is 5.91 Å². The molecular formula is C38H43ClN6O3. The van der Waals surface area contributed by atoms with E-state index >= 15 is 0 Å². The monoisotopic (exact) mass is 666 g/mol. The van der Waals surface area contributed by atoms with E-state index in [0.717, 1.165) is 67.4 Å². The van der Waals surface area contributed by atoms with Gasteiger partial charge in [0, 0.05) is 52.1 Å². The van der Waals surface area contributed by atoms with Gasteiger partial charge in [-0.1, -0.05) is 48.0 Å². The van der Waals surface area contributed by atoms with Gasteiger partial charge in [0.15, 0.2) is 18.3 Å². The number of hydrogen-bond acceptors (Lipinski definition) is 8. The van der Waals surface area contributed by atoms with Crippen LogP contribution in [0, 0.1) is 23.7 Å². The van der Waals surface area contributed by atoms with Gasteiger partial charge < -0.3 is 16.4 Å². The van der Waals surface area contributed by atoms with Gasteiger partial charge in [-0.3, -0.25) is 14.4 Å². The van der Waals surface area contributed by atoms with Crippen LogP contribution in [0.25, 0.3) is 11.1 Å². The van der Waals surface area contributed by atoms with Crippen LogP contribution < -0.4 is 16.4 Å². The lowest BCUT2D eigenvalue weighted by atomic mass is 9.77. The summed E-state index contributed by atoms with van der Waals surface area (Å²) >= 11 is 6.68. The van der Waals surface area contributed by atoms with Crippen LogP contribution in [0.1, 0.15) is 66.4 Å². The molecular weight excluding hydrogens is 624 g/mol. The van der Waals surface area contributed by atoms with Gasteiger partial charge in [0.25, 0.3) is 0 Å². The topological polar surface area (TPSA) is 138 Å². The Kier molecular flexibility index (Phi) is 11.2. The van der Waals surface area contributed by atoms with E-state index in [2.05, 4.69) is 25.9 Å². The molecule has 3 aromatic carbocycles. The number of nitrogens with zero attached hydrogens (tertiary/aromatic N) is 3. The number of hydrogen-bond donors (Lipinski definition) is 3. The second-order valence-electron chi connectivity index (χ2n) is 13.3. The number of carbonyl (C=O) groups is 3. The second-order valence-corrected chi connectivity index (χ2v) is 13.7. The number of azo groups is 1. The zero-order chi connectivity index (χ0) is 33.5. The maximum Gasteiger partial charge on any atom is 0.228 e. The highest BCUT2D eigenvalue weighted by atomic mass is 35.5. The average molecular weight is 667 g/mol. The van der Waals surface area contributed by atoms with E-state index in [1.54, 1.807) is 6.07 Å². The third-order valence-electron chi connectivity index (χ3n) is 9.99. The summed E-state index contributed by atoms with van der Waals surface area (Å²) in [7, 11) is 0. The van der Waals surface area contributed by atoms with Crippen molar-refractivity contribution in [3.8, 4) is 11.1 Å². The number of carbonyl (C=O) groups excluding carboxylic acids is 3. The van der Waals surface area contributed by atoms with Crippen molar-refractivity contribution < 1.29 is 14.4 Å². The van der Waals surface area contributed by atoms with Crippen molar-refractivity contribution in [3.63, 3.8) is 0 Å². The Hall–Kier alpha value is -4.05. The molecule has 250 valence electrons. The Labute approximate surface area is 286 Å². The number of rotatable bonds is 13. The first kappa shape index (κ1) is 33.8. The molecule has 1 saturated carbocycles. The fraction of sp³-hybridized carbons (Fsp3) is 0.421. The van der Waals surface area contributed by atoms with E-state index in [1.807, 2.05) is 60.7 Å². The number of amidine groups is 1. The van der Waals surface area contributed by atoms with Crippen LogP contribution in [-0.4, -0.2) is 49.6 Å². The van der Waals surface area contributed by atoms with Crippen LogP contribution in [0.15, 0.2) is 82.0 Å². The summed E-state index contributed by atoms with van der Waals surface area (Å²) in [6.07, 6.45) is 5.72. The van der Waals surface area contributed by atoms with Gasteiger partial charge in [-0.25, -0.2) is 4.99 Å². The number of anilines is 1. The summed E-state index contributed by atoms with van der Waals surface area (Å²) in [5, 5.41) is 14.8. The van der Waals surface area contributed by atoms with Crippen molar-refractivity contribution in [3.05, 3.63) is 88.4 Å². The molecule has 2 atom stereocenters. The van der Waals surface area contributed by atoms with E-state index in [0.29, 0.717) is 60.0 Å². The molecule has 0 unspecified atom stereocenters.